The van der Waals surface area contributed by atoms with Gasteiger partial charge in [-0.1, -0.05) is 16.8 Å². The third-order valence-electron chi connectivity index (χ3n) is 5.41. The molecule has 10 nitrogen and oxygen atoms in total. The standard InChI is InChI=1S/C24H30ClN5O5/c1-13(2)30(5)20-9-17(8-19(25)27-20)24-28-23(29-35-24)16-6-14(3)22(15(4)7-16)34-12-18(32)10-26-21(33)11-31/h6-9,13,18,31-32H,10-12H2,1-5H3,(H,26,33). The van der Waals surface area contributed by atoms with Crippen LogP contribution in [0.1, 0.15) is 25.0 Å². The number of carbonyl (C=O) groups is 1. The fourth-order valence-electron chi connectivity index (χ4n) is 3.34. The van der Waals surface area contributed by atoms with Crippen molar-refractivity contribution in [1.82, 2.24) is 20.4 Å². The van der Waals surface area contributed by atoms with E-state index >= 15 is 0 Å². The number of halogens is 1. The van der Waals surface area contributed by atoms with Crippen LogP contribution in [0.5, 0.6) is 5.75 Å². The summed E-state index contributed by atoms with van der Waals surface area (Å²) < 4.78 is 11.3. The van der Waals surface area contributed by atoms with Gasteiger partial charge in [-0.05, 0) is 63.1 Å². The molecule has 0 aliphatic carbocycles. The quantitative estimate of drug-likeness (QED) is 0.357. The van der Waals surface area contributed by atoms with E-state index in [-0.39, 0.29) is 19.2 Å². The van der Waals surface area contributed by atoms with Gasteiger partial charge in [-0.3, -0.25) is 4.79 Å². The van der Waals surface area contributed by atoms with Gasteiger partial charge in [0.2, 0.25) is 11.7 Å². The predicted octanol–water partition coefficient (Wildman–Crippen LogP) is 2.76. The van der Waals surface area contributed by atoms with E-state index in [1.54, 1.807) is 6.07 Å². The first-order valence-electron chi connectivity index (χ1n) is 11.1. The Kier molecular flexibility index (Phi) is 8.66. The topological polar surface area (TPSA) is 134 Å². The van der Waals surface area contributed by atoms with Gasteiger partial charge in [-0.15, -0.1) is 0 Å². The van der Waals surface area contributed by atoms with Gasteiger partial charge in [0, 0.05) is 30.8 Å². The molecular weight excluding hydrogens is 474 g/mol. The van der Waals surface area contributed by atoms with E-state index in [4.69, 9.17) is 26.0 Å². The average Bonchev–Trinajstić information content (AvgIpc) is 3.31. The minimum Gasteiger partial charge on any atom is -0.490 e. The summed E-state index contributed by atoms with van der Waals surface area (Å²) in [6.07, 6.45) is -0.921. The number of carbonyl (C=O) groups excluding carboxylic acids is 1. The van der Waals surface area contributed by atoms with E-state index < -0.39 is 18.6 Å². The molecule has 1 amide bonds. The minimum absolute atomic E-state index is 0.0188. The molecule has 0 saturated heterocycles. The highest BCUT2D eigenvalue weighted by atomic mass is 35.5. The summed E-state index contributed by atoms with van der Waals surface area (Å²) in [6, 6.07) is 7.51. The second-order valence-electron chi connectivity index (χ2n) is 8.53. The molecule has 0 saturated carbocycles. The summed E-state index contributed by atoms with van der Waals surface area (Å²) in [5.74, 6) is 1.50. The Morgan fingerprint density at radius 1 is 1.17 bits per heavy atom. The van der Waals surface area contributed by atoms with Crippen LogP contribution in [0, 0.1) is 13.8 Å². The summed E-state index contributed by atoms with van der Waals surface area (Å²) in [6.45, 7) is 7.20. The van der Waals surface area contributed by atoms with Crippen LogP contribution in [-0.4, -0.2) is 70.2 Å². The first kappa shape index (κ1) is 26.4. The van der Waals surface area contributed by atoms with Gasteiger partial charge in [-0.2, -0.15) is 4.98 Å². The lowest BCUT2D eigenvalue weighted by Gasteiger charge is -2.22. The Balaban J connectivity index is 1.77. The molecule has 0 spiro atoms. The number of amides is 1. The molecule has 11 heteroatoms. The molecule has 2 aromatic heterocycles. The zero-order valence-electron chi connectivity index (χ0n) is 20.4. The van der Waals surface area contributed by atoms with Gasteiger partial charge in [0.25, 0.3) is 5.89 Å². The van der Waals surface area contributed by atoms with Crippen molar-refractivity contribution in [2.75, 3.05) is 31.7 Å². The van der Waals surface area contributed by atoms with Crippen LogP contribution >= 0.6 is 11.6 Å². The van der Waals surface area contributed by atoms with E-state index in [1.165, 1.54) is 0 Å². The number of nitrogens with one attached hydrogen (secondary N) is 1. The first-order chi connectivity index (χ1) is 16.6. The Morgan fingerprint density at radius 2 is 1.86 bits per heavy atom. The summed E-state index contributed by atoms with van der Waals surface area (Å²) >= 11 is 6.23. The van der Waals surface area contributed by atoms with Crippen LogP contribution in [-0.2, 0) is 4.79 Å². The lowest BCUT2D eigenvalue weighted by Crippen LogP contribution is -2.36. The molecule has 0 aliphatic rings. The maximum Gasteiger partial charge on any atom is 0.258 e. The number of aromatic nitrogens is 3. The molecule has 0 radical (unpaired) electrons. The van der Waals surface area contributed by atoms with E-state index in [0.29, 0.717) is 34.0 Å². The van der Waals surface area contributed by atoms with E-state index in [9.17, 15) is 9.90 Å². The summed E-state index contributed by atoms with van der Waals surface area (Å²) in [5, 5.41) is 25.6. The van der Waals surface area contributed by atoms with E-state index in [1.807, 2.05) is 44.0 Å². The van der Waals surface area contributed by atoms with Crippen LogP contribution in [0.3, 0.4) is 0 Å². The van der Waals surface area contributed by atoms with Crippen LogP contribution in [0.4, 0.5) is 5.82 Å². The molecule has 3 aromatic rings. The maximum atomic E-state index is 11.1. The molecule has 1 unspecified atom stereocenters. The van der Waals surface area contributed by atoms with Crippen molar-refractivity contribution in [3.05, 3.63) is 40.5 Å². The number of hydrogen-bond acceptors (Lipinski definition) is 9. The van der Waals surface area contributed by atoms with Crippen molar-refractivity contribution in [1.29, 1.82) is 0 Å². The number of anilines is 1. The molecule has 0 aliphatic heterocycles. The molecule has 0 bridgehead atoms. The molecule has 1 aromatic carbocycles. The van der Waals surface area contributed by atoms with E-state index in [2.05, 4.69) is 34.3 Å². The molecule has 3 N–H and O–H groups in total. The maximum absolute atomic E-state index is 11.1. The SMILES string of the molecule is Cc1cc(-c2noc(-c3cc(Cl)nc(N(C)C(C)C)c3)n2)cc(C)c1OCC(O)CNC(=O)CO. The Bertz CT molecular complexity index is 1160. The zero-order chi connectivity index (χ0) is 25.7. The van der Waals surface area contributed by atoms with Gasteiger partial charge in [0.05, 0.1) is 0 Å². The molecule has 2 heterocycles. The number of aryl methyl sites for hydroxylation is 2. The molecule has 35 heavy (non-hydrogen) atoms. The molecule has 3 rings (SSSR count). The smallest absolute Gasteiger partial charge is 0.258 e. The van der Waals surface area contributed by atoms with Gasteiger partial charge in [-0.25, -0.2) is 4.98 Å². The first-order valence-corrected chi connectivity index (χ1v) is 11.5. The van der Waals surface area contributed by atoms with Crippen molar-refractivity contribution < 1.29 is 24.3 Å². The van der Waals surface area contributed by atoms with Crippen LogP contribution in [0.15, 0.2) is 28.8 Å². The fraction of sp³-hybridized carbons (Fsp3) is 0.417. The van der Waals surface area contributed by atoms with Crippen molar-refractivity contribution in [2.24, 2.45) is 0 Å². The van der Waals surface area contributed by atoms with Crippen molar-refractivity contribution in [2.45, 2.75) is 39.8 Å². The normalized spacial score (nSPS) is 12.0. The second-order valence-corrected chi connectivity index (χ2v) is 8.92. The highest BCUT2D eigenvalue weighted by Gasteiger charge is 2.17. The summed E-state index contributed by atoms with van der Waals surface area (Å²) in [4.78, 5) is 22.0. The molecular formula is C24H30ClN5O5. The van der Waals surface area contributed by atoms with Crippen LogP contribution in [0.2, 0.25) is 5.15 Å². The van der Waals surface area contributed by atoms with E-state index in [0.717, 1.165) is 16.7 Å². The predicted molar refractivity (Wildman–Crippen MR) is 133 cm³/mol. The Hall–Kier alpha value is -3.21. The lowest BCUT2D eigenvalue weighted by molar-refractivity contribution is -0.124. The average molecular weight is 504 g/mol. The zero-order valence-corrected chi connectivity index (χ0v) is 21.1. The number of nitrogens with zero attached hydrogens (tertiary/aromatic N) is 4. The van der Waals surface area contributed by atoms with Crippen molar-refractivity contribution >= 4 is 23.3 Å². The summed E-state index contributed by atoms with van der Waals surface area (Å²) in [5.41, 5.74) is 3.07. The second kappa shape index (κ2) is 11.5. The molecule has 188 valence electrons. The third kappa shape index (κ3) is 6.68. The monoisotopic (exact) mass is 503 g/mol. The number of pyridine rings is 1. The third-order valence-corrected chi connectivity index (χ3v) is 5.60. The van der Waals surface area contributed by atoms with Crippen molar-refractivity contribution in [3.63, 3.8) is 0 Å². The minimum atomic E-state index is -0.921. The highest BCUT2D eigenvalue weighted by molar-refractivity contribution is 6.29. The Labute approximate surface area is 208 Å². The highest BCUT2D eigenvalue weighted by Crippen LogP contribution is 2.31. The van der Waals surface area contributed by atoms with Gasteiger partial charge < -0.3 is 29.7 Å². The lowest BCUT2D eigenvalue weighted by atomic mass is 10.1. The molecule has 0 fully saturated rings. The number of hydrogen-bond donors (Lipinski definition) is 3. The number of benzene rings is 1. The van der Waals surface area contributed by atoms with Crippen LogP contribution < -0.4 is 15.0 Å². The number of aliphatic hydroxyl groups excluding tert-OH is 2. The number of aliphatic hydroxyl groups is 2. The molecule has 1 atom stereocenters. The number of ether oxygens (including phenoxy) is 1. The summed E-state index contributed by atoms with van der Waals surface area (Å²) in [7, 11) is 1.94. The van der Waals surface area contributed by atoms with Crippen LogP contribution in [0.25, 0.3) is 22.8 Å². The number of rotatable bonds is 10. The Morgan fingerprint density at radius 3 is 2.49 bits per heavy atom. The fourth-order valence-corrected chi connectivity index (χ4v) is 3.55. The largest absolute Gasteiger partial charge is 0.490 e. The van der Waals surface area contributed by atoms with Crippen molar-refractivity contribution in [3.8, 4) is 28.6 Å². The van der Waals surface area contributed by atoms with Gasteiger partial charge >= 0.3 is 0 Å². The van der Waals surface area contributed by atoms with Gasteiger partial charge in [0.15, 0.2) is 0 Å². The van der Waals surface area contributed by atoms with Gasteiger partial charge in [0.1, 0.15) is 36.0 Å².